The molecule has 1 fully saturated rings. The molecule has 0 bridgehead atoms. The minimum Gasteiger partial charge on any atom is -0.313 e. The van der Waals surface area contributed by atoms with Crippen molar-refractivity contribution < 1.29 is 0 Å². The van der Waals surface area contributed by atoms with Crippen LogP contribution in [0.2, 0.25) is 0 Å². The van der Waals surface area contributed by atoms with Crippen LogP contribution in [0.1, 0.15) is 25.6 Å². The van der Waals surface area contributed by atoms with Crippen molar-refractivity contribution in [1.82, 2.24) is 19.4 Å². The second kappa shape index (κ2) is 5.29. The predicted molar refractivity (Wildman–Crippen MR) is 77.1 cm³/mol. The number of fused-ring (bicyclic) bond motifs is 1. The van der Waals surface area contributed by atoms with Crippen molar-refractivity contribution in [3.63, 3.8) is 0 Å². The standard InChI is InChI=1S/C15H22N4/c1-3-8-19-14(10-12-6-9-18(2)11-12)17-13-5-4-7-16-15(13)19/h4-5,7,12H,3,6,8-11H2,1-2H3. The smallest absolute Gasteiger partial charge is 0.159 e. The Labute approximate surface area is 114 Å². The molecular weight excluding hydrogens is 236 g/mol. The van der Waals surface area contributed by atoms with Gasteiger partial charge < -0.3 is 9.47 Å². The summed E-state index contributed by atoms with van der Waals surface area (Å²) in [5.74, 6) is 1.97. The van der Waals surface area contributed by atoms with Gasteiger partial charge in [-0.2, -0.15) is 0 Å². The summed E-state index contributed by atoms with van der Waals surface area (Å²) in [7, 11) is 2.20. The molecule has 3 heterocycles. The molecule has 0 aromatic carbocycles. The predicted octanol–water partition coefficient (Wildman–Crippen LogP) is 2.34. The number of aryl methyl sites for hydroxylation is 1. The van der Waals surface area contributed by atoms with Crippen LogP contribution in [-0.4, -0.2) is 39.6 Å². The molecule has 1 atom stereocenters. The fourth-order valence-electron chi connectivity index (χ4n) is 3.07. The second-order valence-electron chi connectivity index (χ2n) is 5.65. The highest BCUT2D eigenvalue weighted by Gasteiger charge is 2.22. The Morgan fingerprint density at radius 1 is 1.42 bits per heavy atom. The maximum absolute atomic E-state index is 4.80. The first kappa shape index (κ1) is 12.6. The van der Waals surface area contributed by atoms with Crippen LogP contribution >= 0.6 is 0 Å². The van der Waals surface area contributed by atoms with E-state index in [-0.39, 0.29) is 0 Å². The largest absolute Gasteiger partial charge is 0.313 e. The Kier molecular flexibility index (Phi) is 3.51. The number of aromatic nitrogens is 3. The minimum atomic E-state index is 0.748. The molecule has 102 valence electrons. The zero-order valence-electron chi connectivity index (χ0n) is 11.8. The molecule has 2 aromatic heterocycles. The Balaban J connectivity index is 1.90. The van der Waals surface area contributed by atoms with Crippen molar-refractivity contribution in [3.8, 4) is 0 Å². The second-order valence-corrected chi connectivity index (χ2v) is 5.65. The van der Waals surface area contributed by atoms with Gasteiger partial charge in [-0.25, -0.2) is 9.97 Å². The number of nitrogens with zero attached hydrogens (tertiary/aromatic N) is 4. The van der Waals surface area contributed by atoms with Gasteiger partial charge in [0.2, 0.25) is 0 Å². The Bertz CT molecular complexity index is 560. The van der Waals surface area contributed by atoms with Crippen LogP contribution in [0.3, 0.4) is 0 Å². The van der Waals surface area contributed by atoms with E-state index in [2.05, 4.69) is 34.5 Å². The monoisotopic (exact) mass is 258 g/mol. The molecule has 19 heavy (non-hydrogen) atoms. The fraction of sp³-hybridized carbons (Fsp3) is 0.600. The molecule has 1 aliphatic rings. The lowest BCUT2D eigenvalue weighted by molar-refractivity contribution is 0.391. The van der Waals surface area contributed by atoms with E-state index in [1.807, 2.05) is 12.3 Å². The van der Waals surface area contributed by atoms with E-state index in [0.717, 1.165) is 36.5 Å². The van der Waals surface area contributed by atoms with Crippen LogP contribution in [0.15, 0.2) is 18.3 Å². The summed E-state index contributed by atoms with van der Waals surface area (Å²) in [5.41, 5.74) is 2.09. The molecule has 0 aliphatic carbocycles. The van der Waals surface area contributed by atoms with Gasteiger partial charge in [0.15, 0.2) is 5.65 Å². The third kappa shape index (κ3) is 2.50. The summed E-state index contributed by atoms with van der Waals surface area (Å²) in [6.07, 6.45) is 5.36. The summed E-state index contributed by atoms with van der Waals surface area (Å²) in [6.45, 7) is 5.65. The molecule has 0 N–H and O–H groups in total. The van der Waals surface area contributed by atoms with Crippen molar-refractivity contribution in [2.75, 3.05) is 20.1 Å². The molecule has 0 saturated carbocycles. The molecule has 0 spiro atoms. The first-order valence-electron chi connectivity index (χ1n) is 7.26. The van der Waals surface area contributed by atoms with E-state index < -0.39 is 0 Å². The van der Waals surface area contributed by atoms with Gasteiger partial charge >= 0.3 is 0 Å². The van der Waals surface area contributed by atoms with Gasteiger partial charge in [0.05, 0.1) is 0 Å². The molecular formula is C15H22N4. The van der Waals surface area contributed by atoms with Crippen LogP contribution in [0.5, 0.6) is 0 Å². The van der Waals surface area contributed by atoms with E-state index >= 15 is 0 Å². The van der Waals surface area contributed by atoms with Gasteiger partial charge in [-0.15, -0.1) is 0 Å². The lowest BCUT2D eigenvalue weighted by atomic mass is 10.0. The van der Waals surface area contributed by atoms with Crippen molar-refractivity contribution in [1.29, 1.82) is 0 Å². The van der Waals surface area contributed by atoms with Crippen LogP contribution < -0.4 is 0 Å². The number of hydrogen-bond donors (Lipinski definition) is 0. The summed E-state index contributed by atoms with van der Waals surface area (Å²) in [6, 6.07) is 4.04. The zero-order valence-corrected chi connectivity index (χ0v) is 11.8. The molecule has 4 heteroatoms. The maximum atomic E-state index is 4.80. The molecule has 0 amide bonds. The average Bonchev–Trinajstić information content (AvgIpc) is 2.96. The summed E-state index contributed by atoms with van der Waals surface area (Å²) < 4.78 is 2.31. The Morgan fingerprint density at radius 2 is 2.32 bits per heavy atom. The molecule has 4 nitrogen and oxygen atoms in total. The van der Waals surface area contributed by atoms with Gasteiger partial charge in [-0.05, 0) is 44.5 Å². The first-order valence-corrected chi connectivity index (χ1v) is 7.26. The maximum Gasteiger partial charge on any atom is 0.159 e. The third-order valence-electron chi connectivity index (χ3n) is 3.99. The van der Waals surface area contributed by atoms with Gasteiger partial charge in [0, 0.05) is 25.7 Å². The number of pyridine rings is 1. The van der Waals surface area contributed by atoms with E-state index in [4.69, 9.17) is 4.98 Å². The van der Waals surface area contributed by atoms with E-state index in [9.17, 15) is 0 Å². The number of hydrogen-bond acceptors (Lipinski definition) is 3. The summed E-state index contributed by atoms with van der Waals surface area (Å²) in [5, 5.41) is 0. The minimum absolute atomic E-state index is 0.748. The van der Waals surface area contributed by atoms with Gasteiger partial charge in [0.25, 0.3) is 0 Å². The lowest BCUT2D eigenvalue weighted by Crippen LogP contribution is -2.16. The fourth-order valence-corrected chi connectivity index (χ4v) is 3.07. The molecule has 3 rings (SSSR count). The first-order chi connectivity index (χ1) is 9.28. The van der Waals surface area contributed by atoms with E-state index in [0.29, 0.717) is 0 Å². The summed E-state index contributed by atoms with van der Waals surface area (Å²) >= 11 is 0. The molecule has 1 saturated heterocycles. The average molecular weight is 258 g/mol. The van der Waals surface area contributed by atoms with Crippen LogP contribution in [0, 0.1) is 5.92 Å². The molecule has 1 unspecified atom stereocenters. The van der Waals surface area contributed by atoms with Crippen molar-refractivity contribution in [2.45, 2.75) is 32.7 Å². The van der Waals surface area contributed by atoms with Gasteiger partial charge in [-0.3, -0.25) is 0 Å². The van der Waals surface area contributed by atoms with Crippen molar-refractivity contribution in [2.24, 2.45) is 5.92 Å². The topological polar surface area (TPSA) is 34.0 Å². The van der Waals surface area contributed by atoms with E-state index in [1.165, 1.54) is 25.3 Å². The Hall–Kier alpha value is -1.42. The van der Waals surface area contributed by atoms with Crippen LogP contribution in [0.25, 0.3) is 11.2 Å². The lowest BCUT2D eigenvalue weighted by Gasteiger charge is -2.12. The van der Waals surface area contributed by atoms with Crippen LogP contribution in [-0.2, 0) is 13.0 Å². The molecule has 0 radical (unpaired) electrons. The highest BCUT2D eigenvalue weighted by Crippen LogP contribution is 2.22. The zero-order chi connectivity index (χ0) is 13.2. The SMILES string of the molecule is CCCn1c(CC2CCN(C)C2)nc2cccnc21. The number of imidazole rings is 1. The van der Waals surface area contributed by atoms with Crippen molar-refractivity contribution in [3.05, 3.63) is 24.2 Å². The van der Waals surface area contributed by atoms with Gasteiger partial charge in [-0.1, -0.05) is 6.92 Å². The van der Waals surface area contributed by atoms with Crippen molar-refractivity contribution >= 4 is 11.2 Å². The number of likely N-dealkylation sites (tertiary alicyclic amines) is 1. The normalized spacial score (nSPS) is 20.4. The van der Waals surface area contributed by atoms with Gasteiger partial charge in [0.1, 0.15) is 11.3 Å². The molecule has 1 aliphatic heterocycles. The number of rotatable bonds is 4. The van der Waals surface area contributed by atoms with Crippen LogP contribution in [0.4, 0.5) is 0 Å². The quantitative estimate of drug-likeness (QED) is 0.844. The highest BCUT2D eigenvalue weighted by molar-refractivity contribution is 5.71. The summed E-state index contributed by atoms with van der Waals surface area (Å²) in [4.78, 5) is 11.7. The third-order valence-corrected chi connectivity index (χ3v) is 3.99. The molecule has 2 aromatic rings. The highest BCUT2D eigenvalue weighted by atomic mass is 15.1. The van der Waals surface area contributed by atoms with E-state index in [1.54, 1.807) is 0 Å². The Morgan fingerprint density at radius 3 is 3.05 bits per heavy atom.